The smallest absolute Gasteiger partial charge is 0.320 e. The maximum absolute atomic E-state index is 11.5. The molecular formula is C22H25N3O2. The van der Waals surface area contributed by atoms with Gasteiger partial charge in [-0.15, -0.1) is 0 Å². The first-order valence-corrected chi connectivity index (χ1v) is 9.13. The molecule has 0 aliphatic rings. The van der Waals surface area contributed by atoms with Crippen molar-refractivity contribution in [2.24, 2.45) is 5.92 Å². The van der Waals surface area contributed by atoms with Gasteiger partial charge >= 0.3 is 5.97 Å². The number of aryl methyl sites for hydroxylation is 1. The van der Waals surface area contributed by atoms with Gasteiger partial charge in [0.25, 0.3) is 0 Å². The standard InChI is InChI=1S/C22H25N3O2/c1-15(2)20(22(26)27)23-13-17-14-25(18-10-5-4-6-11-18)24-21(17)19-12-8-7-9-16(19)3/h4-12,14-15,20,23H,13H2,1-3H3,(H,26,27)/t20-/m0/s1. The molecule has 5 nitrogen and oxygen atoms in total. The van der Waals surface area contributed by atoms with Crippen molar-refractivity contribution in [2.45, 2.75) is 33.4 Å². The molecule has 0 aliphatic heterocycles. The Hall–Kier alpha value is -2.92. The van der Waals surface area contributed by atoms with Crippen molar-refractivity contribution >= 4 is 5.97 Å². The van der Waals surface area contributed by atoms with Crippen molar-refractivity contribution in [3.05, 3.63) is 71.9 Å². The summed E-state index contributed by atoms with van der Waals surface area (Å²) in [5.41, 5.74) is 5.01. The number of aromatic nitrogens is 2. The number of aliphatic carboxylic acids is 1. The minimum atomic E-state index is -0.835. The summed E-state index contributed by atoms with van der Waals surface area (Å²) in [6, 6.07) is 17.4. The average molecular weight is 363 g/mol. The molecule has 0 radical (unpaired) electrons. The highest BCUT2D eigenvalue weighted by atomic mass is 16.4. The zero-order valence-corrected chi connectivity index (χ0v) is 15.9. The van der Waals surface area contributed by atoms with Crippen LogP contribution in [0.5, 0.6) is 0 Å². The van der Waals surface area contributed by atoms with Crippen LogP contribution in [0.2, 0.25) is 0 Å². The van der Waals surface area contributed by atoms with E-state index < -0.39 is 12.0 Å². The van der Waals surface area contributed by atoms with Crippen molar-refractivity contribution in [3.8, 4) is 16.9 Å². The minimum Gasteiger partial charge on any atom is -0.480 e. The Bertz CT molecular complexity index is 916. The van der Waals surface area contributed by atoms with E-state index in [0.717, 1.165) is 28.1 Å². The van der Waals surface area contributed by atoms with Crippen molar-refractivity contribution < 1.29 is 9.90 Å². The molecule has 1 atom stereocenters. The molecule has 0 unspecified atom stereocenters. The van der Waals surface area contributed by atoms with Gasteiger partial charge in [0.1, 0.15) is 6.04 Å². The third kappa shape index (κ3) is 4.26. The van der Waals surface area contributed by atoms with E-state index in [4.69, 9.17) is 5.10 Å². The highest BCUT2D eigenvalue weighted by Crippen LogP contribution is 2.26. The van der Waals surface area contributed by atoms with Gasteiger partial charge in [-0.05, 0) is 30.5 Å². The second-order valence-corrected chi connectivity index (χ2v) is 7.04. The quantitative estimate of drug-likeness (QED) is 0.665. The molecule has 5 heteroatoms. The van der Waals surface area contributed by atoms with Gasteiger partial charge in [-0.25, -0.2) is 4.68 Å². The number of hydrogen-bond acceptors (Lipinski definition) is 3. The summed E-state index contributed by atoms with van der Waals surface area (Å²) in [5.74, 6) is -0.841. The molecule has 0 spiro atoms. The Kier molecular flexibility index (Phi) is 5.72. The molecule has 140 valence electrons. The number of carboxylic acids is 1. The summed E-state index contributed by atoms with van der Waals surface area (Å²) in [4.78, 5) is 11.5. The van der Waals surface area contributed by atoms with Gasteiger partial charge in [-0.3, -0.25) is 10.1 Å². The minimum absolute atomic E-state index is 0.00594. The number of hydrogen-bond donors (Lipinski definition) is 2. The van der Waals surface area contributed by atoms with Crippen molar-refractivity contribution in [3.63, 3.8) is 0 Å². The predicted octanol–water partition coefficient (Wildman–Crippen LogP) is 4.05. The lowest BCUT2D eigenvalue weighted by Crippen LogP contribution is -2.40. The molecule has 2 aromatic carbocycles. The van der Waals surface area contributed by atoms with E-state index >= 15 is 0 Å². The fourth-order valence-electron chi connectivity index (χ4n) is 3.15. The Morgan fingerprint density at radius 2 is 1.78 bits per heavy atom. The zero-order valence-electron chi connectivity index (χ0n) is 15.9. The normalized spacial score (nSPS) is 12.3. The first-order valence-electron chi connectivity index (χ1n) is 9.13. The summed E-state index contributed by atoms with van der Waals surface area (Å²) in [6.07, 6.45) is 1.98. The van der Waals surface area contributed by atoms with E-state index in [2.05, 4.69) is 18.3 Å². The highest BCUT2D eigenvalue weighted by Gasteiger charge is 2.22. The van der Waals surface area contributed by atoms with Gasteiger partial charge in [0.2, 0.25) is 0 Å². The van der Waals surface area contributed by atoms with Gasteiger partial charge in [-0.1, -0.05) is 56.3 Å². The molecule has 2 N–H and O–H groups in total. The van der Waals surface area contributed by atoms with Gasteiger partial charge in [-0.2, -0.15) is 5.10 Å². The second-order valence-electron chi connectivity index (χ2n) is 7.04. The summed E-state index contributed by atoms with van der Waals surface area (Å²) >= 11 is 0. The summed E-state index contributed by atoms with van der Waals surface area (Å²) in [5, 5.41) is 17.4. The Morgan fingerprint density at radius 3 is 2.41 bits per heavy atom. The van der Waals surface area contributed by atoms with Crippen molar-refractivity contribution in [2.75, 3.05) is 0 Å². The summed E-state index contributed by atoms with van der Waals surface area (Å²) < 4.78 is 1.85. The van der Waals surface area contributed by atoms with Crippen LogP contribution in [0.15, 0.2) is 60.8 Å². The molecular weight excluding hydrogens is 338 g/mol. The molecule has 0 saturated carbocycles. The Balaban J connectivity index is 1.99. The van der Waals surface area contributed by atoms with E-state index in [9.17, 15) is 9.90 Å². The lowest BCUT2D eigenvalue weighted by Gasteiger charge is -2.17. The van der Waals surface area contributed by atoms with E-state index in [1.54, 1.807) is 0 Å². The van der Waals surface area contributed by atoms with Crippen molar-refractivity contribution in [1.29, 1.82) is 0 Å². The lowest BCUT2D eigenvalue weighted by molar-refractivity contribution is -0.140. The lowest BCUT2D eigenvalue weighted by atomic mass is 10.0. The van der Waals surface area contributed by atoms with Crippen LogP contribution in [0.1, 0.15) is 25.0 Å². The molecule has 0 bridgehead atoms. The number of rotatable bonds is 7. The molecule has 0 saturated heterocycles. The molecule has 3 aromatic rings. The number of para-hydroxylation sites is 1. The van der Waals surface area contributed by atoms with Crippen LogP contribution in [0.3, 0.4) is 0 Å². The topological polar surface area (TPSA) is 67.2 Å². The first-order chi connectivity index (χ1) is 13.0. The largest absolute Gasteiger partial charge is 0.480 e. The van der Waals surface area contributed by atoms with Gasteiger partial charge < -0.3 is 5.11 Å². The number of nitrogens with one attached hydrogen (secondary N) is 1. The van der Waals surface area contributed by atoms with Crippen LogP contribution in [-0.4, -0.2) is 26.9 Å². The predicted molar refractivity (Wildman–Crippen MR) is 107 cm³/mol. The average Bonchev–Trinajstić information content (AvgIpc) is 3.06. The van der Waals surface area contributed by atoms with E-state index in [1.807, 2.05) is 73.3 Å². The number of carbonyl (C=O) groups is 1. The molecule has 0 amide bonds. The van der Waals surface area contributed by atoms with Crippen LogP contribution < -0.4 is 5.32 Å². The summed E-state index contributed by atoms with van der Waals surface area (Å²) in [7, 11) is 0. The van der Waals surface area contributed by atoms with Gasteiger partial charge in [0.15, 0.2) is 0 Å². The molecule has 3 rings (SSSR count). The molecule has 0 aliphatic carbocycles. The fraction of sp³-hybridized carbons (Fsp3) is 0.273. The van der Waals surface area contributed by atoms with Crippen LogP contribution in [0.4, 0.5) is 0 Å². The Labute approximate surface area is 159 Å². The van der Waals surface area contributed by atoms with Crippen LogP contribution >= 0.6 is 0 Å². The van der Waals surface area contributed by atoms with E-state index in [1.165, 1.54) is 0 Å². The van der Waals surface area contributed by atoms with Gasteiger partial charge in [0.05, 0.1) is 11.4 Å². The van der Waals surface area contributed by atoms with Crippen LogP contribution in [0.25, 0.3) is 16.9 Å². The second kappa shape index (κ2) is 8.18. The van der Waals surface area contributed by atoms with E-state index in [-0.39, 0.29) is 5.92 Å². The maximum Gasteiger partial charge on any atom is 0.320 e. The molecule has 27 heavy (non-hydrogen) atoms. The van der Waals surface area contributed by atoms with Crippen LogP contribution in [0, 0.1) is 12.8 Å². The number of benzene rings is 2. The number of nitrogens with zero attached hydrogens (tertiary/aromatic N) is 2. The monoisotopic (exact) mass is 363 g/mol. The molecule has 0 fully saturated rings. The summed E-state index contributed by atoms with van der Waals surface area (Å²) in [6.45, 7) is 6.30. The highest BCUT2D eigenvalue weighted by molar-refractivity contribution is 5.74. The van der Waals surface area contributed by atoms with Gasteiger partial charge in [0, 0.05) is 23.9 Å². The molecule has 1 heterocycles. The number of carboxylic acid groups (broad SMARTS) is 1. The SMILES string of the molecule is Cc1ccccc1-c1nn(-c2ccccc2)cc1CN[C@H](C(=O)O)C(C)C. The van der Waals surface area contributed by atoms with Crippen molar-refractivity contribution in [1.82, 2.24) is 15.1 Å². The fourth-order valence-corrected chi connectivity index (χ4v) is 3.15. The zero-order chi connectivity index (χ0) is 19.4. The third-order valence-corrected chi connectivity index (χ3v) is 4.66. The molecule has 1 aromatic heterocycles. The van der Waals surface area contributed by atoms with Crippen LogP contribution in [-0.2, 0) is 11.3 Å². The first kappa shape index (κ1) is 18.9. The third-order valence-electron chi connectivity index (χ3n) is 4.66. The maximum atomic E-state index is 11.5. The Morgan fingerprint density at radius 1 is 1.11 bits per heavy atom. The van der Waals surface area contributed by atoms with E-state index in [0.29, 0.717) is 6.54 Å².